The summed E-state index contributed by atoms with van der Waals surface area (Å²) in [4.78, 5) is 15.8. The third-order valence-corrected chi connectivity index (χ3v) is 4.01. The second-order valence-electron chi connectivity index (χ2n) is 5.32. The Kier molecular flexibility index (Phi) is 3.80. The number of nitrogens with zero attached hydrogens (tertiary/aromatic N) is 1. The van der Waals surface area contributed by atoms with Crippen LogP contribution >= 0.6 is 0 Å². The smallest absolute Gasteiger partial charge is 0.282 e. The van der Waals surface area contributed by atoms with Crippen LogP contribution in [0.5, 0.6) is 0 Å². The zero-order valence-corrected chi connectivity index (χ0v) is 11.2. The first-order chi connectivity index (χ1) is 9.34. The Bertz CT molecular complexity index is 455. The predicted molar refractivity (Wildman–Crippen MR) is 73.5 cm³/mol. The fourth-order valence-electron chi connectivity index (χ4n) is 2.94. The van der Waals surface area contributed by atoms with E-state index in [0.717, 1.165) is 51.4 Å². The highest BCUT2D eigenvalue weighted by Gasteiger charge is 2.26. The molecule has 2 aliphatic heterocycles. The third kappa shape index (κ3) is 2.80. The van der Waals surface area contributed by atoms with Gasteiger partial charge in [-0.15, -0.1) is 0 Å². The van der Waals surface area contributed by atoms with Gasteiger partial charge in [0.2, 0.25) is 0 Å². The zero-order valence-electron chi connectivity index (χ0n) is 11.2. The Balaban J connectivity index is 1.70. The van der Waals surface area contributed by atoms with Crippen LogP contribution in [0.2, 0.25) is 0 Å². The molecule has 0 aromatic heterocycles. The fourth-order valence-corrected chi connectivity index (χ4v) is 2.94. The van der Waals surface area contributed by atoms with Crippen molar-refractivity contribution in [2.75, 3.05) is 44.3 Å². The summed E-state index contributed by atoms with van der Waals surface area (Å²) in [6.45, 7) is 4.90. The summed E-state index contributed by atoms with van der Waals surface area (Å²) in [5, 5.41) is 0. The number of rotatable bonds is 2. The number of ether oxygens (including phenoxy) is 1. The number of amides is 1. The molecule has 0 spiro atoms. The van der Waals surface area contributed by atoms with E-state index in [1.165, 1.54) is 10.5 Å². The van der Waals surface area contributed by atoms with Crippen molar-refractivity contribution in [1.82, 2.24) is 0 Å². The lowest BCUT2D eigenvalue weighted by molar-refractivity contribution is -0.900. The van der Waals surface area contributed by atoms with Crippen LogP contribution in [-0.4, -0.2) is 45.3 Å². The van der Waals surface area contributed by atoms with E-state index in [4.69, 9.17) is 4.74 Å². The number of aryl methyl sites for hydroxylation is 1. The molecule has 0 bridgehead atoms. The van der Waals surface area contributed by atoms with Crippen LogP contribution in [0.3, 0.4) is 0 Å². The molecule has 0 saturated carbocycles. The van der Waals surface area contributed by atoms with Crippen molar-refractivity contribution in [3.63, 3.8) is 0 Å². The number of benzene rings is 1. The number of anilines is 1. The van der Waals surface area contributed by atoms with E-state index in [-0.39, 0.29) is 5.91 Å². The predicted octanol–water partition coefficient (Wildman–Crippen LogP) is -0.119. The Morgan fingerprint density at radius 3 is 2.89 bits per heavy atom. The molecule has 0 atom stereocenters. The van der Waals surface area contributed by atoms with E-state index >= 15 is 0 Å². The summed E-state index contributed by atoms with van der Waals surface area (Å²) in [7, 11) is 0. The minimum atomic E-state index is 0.254. The van der Waals surface area contributed by atoms with E-state index in [0.29, 0.717) is 6.54 Å². The molecule has 4 nitrogen and oxygen atoms in total. The van der Waals surface area contributed by atoms with Gasteiger partial charge in [-0.3, -0.25) is 4.79 Å². The lowest BCUT2D eigenvalue weighted by Crippen LogP contribution is -3.15. The van der Waals surface area contributed by atoms with Crippen LogP contribution in [0, 0.1) is 0 Å². The molecule has 0 radical (unpaired) electrons. The minimum absolute atomic E-state index is 0.254. The number of morpholine rings is 1. The molecular formula is C15H21N2O2+. The number of nitrogens with one attached hydrogen (secondary N) is 1. The normalized spacial score (nSPS) is 20.1. The Morgan fingerprint density at radius 2 is 2.05 bits per heavy atom. The molecule has 1 N–H and O–H groups in total. The highest BCUT2D eigenvalue weighted by Crippen LogP contribution is 2.26. The lowest BCUT2D eigenvalue weighted by atomic mass is 10.0. The highest BCUT2D eigenvalue weighted by atomic mass is 16.5. The molecule has 1 amide bonds. The SMILES string of the molecule is O=C(C[NH+]1CCOCC1)N1CCCc2ccccc21. The largest absolute Gasteiger partial charge is 0.370 e. The van der Waals surface area contributed by atoms with Gasteiger partial charge in [0.05, 0.1) is 13.2 Å². The van der Waals surface area contributed by atoms with E-state index in [9.17, 15) is 4.79 Å². The van der Waals surface area contributed by atoms with Gasteiger partial charge in [0.15, 0.2) is 6.54 Å². The number of hydrogen-bond donors (Lipinski definition) is 1. The molecule has 1 fully saturated rings. The number of quaternary nitrogens is 1. The number of hydrogen-bond acceptors (Lipinski definition) is 2. The third-order valence-electron chi connectivity index (χ3n) is 4.01. The highest BCUT2D eigenvalue weighted by molar-refractivity contribution is 5.95. The maximum atomic E-state index is 12.5. The van der Waals surface area contributed by atoms with Crippen molar-refractivity contribution in [2.45, 2.75) is 12.8 Å². The van der Waals surface area contributed by atoms with E-state index in [1.54, 1.807) is 0 Å². The van der Waals surface area contributed by atoms with Crippen LogP contribution in [0.25, 0.3) is 0 Å². The Hall–Kier alpha value is -1.39. The minimum Gasteiger partial charge on any atom is -0.370 e. The van der Waals surface area contributed by atoms with E-state index < -0.39 is 0 Å². The molecule has 1 saturated heterocycles. The Morgan fingerprint density at radius 1 is 1.26 bits per heavy atom. The molecule has 102 valence electrons. The zero-order chi connectivity index (χ0) is 13.1. The number of fused-ring (bicyclic) bond motifs is 1. The first kappa shape index (κ1) is 12.6. The van der Waals surface area contributed by atoms with Gasteiger partial charge < -0.3 is 14.5 Å². The molecule has 3 rings (SSSR count). The van der Waals surface area contributed by atoms with Gasteiger partial charge in [-0.1, -0.05) is 18.2 Å². The van der Waals surface area contributed by atoms with Gasteiger partial charge in [-0.2, -0.15) is 0 Å². The second kappa shape index (κ2) is 5.72. The average Bonchev–Trinajstić information content (AvgIpc) is 2.47. The van der Waals surface area contributed by atoms with Crippen molar-refractivity contribution in [3.8, 4) is 0 Å². The van der Waals surface area contributed by atoms with Gasteiger partial charge in [0, 0.05) is 12.2 Å². The molecule has 4 heteroatoms. The van der Waals surface area contributed by atoms with Crippen molar-refractivity contribution >= 4 is 11.6 Å². The molecule has 2 aliphatic rings. The topological polar surface area (TPSA) is 34.0 Å². The first-order valence-corrected chi connectivity index (χ1v) is 7.14. The second-order valence-corrected chi connectivity index (χ2v) is 5.32. The summed E-state index contributed by atoms with van der Waals surface area (Å²) < 4.78 is 5.34. The average molecular weight is 261 g/mol. The van der Waals surface area contributed by atoms with Crippen LogP contribution in [-0.2, 0) is 16.0 Å². The molecule has 1 aromatic carbocycles. The molecule has 2 heterocycles. The van der Waals surface area contributed by atoms with Crippen LogP contribution in [0.4, 0.5) is 5.69 Å². The standard InChI is InChI=1S/C15H20N2O2/c18-15(12-16-8-10-19-11-9-16)17-7-3-5-13-4-1-2-6-14(13)17/h1-2,4,6H,3,5,7-12H2/p+1. The van der Waals surface area contributed by atoms with Gasteiger partial charge in [-0.25, -0.2) is 0 Å². The summed E-state index contributed by atoms with van der Waals surface area (Å²) in [5.41, 5.74) is 2.42. The first-order valence-electron chi connectivity index (χ1n) is 7.14. The van der Waals surface area contributed by atoms with Gasteiger partial charge in [-0.05, 0) is 24.5 Å². The number of para-hydroxylation sites is 1. The molecule has 19 heavy (non-hydrogen) atoms. The van der Waals surface area contributed by atoms with Crippen molar-refractivity contribution in [3.05, 3.63) is 29.8 Å². The monoisotopic (exact) mass is 261 g/mol. The van der Waals surface area contributed by atoms with E-state index in [2.05, 4.69) is 18.2 Å². The van der Waals surface area contributed by atoms with Gasteiger partial charge in [0.25, 0.3) is 5.91 Å². The Labute approximate surface area is 113 Å². The summed E-state index contributed by atoms with van der Waals surface area (Å²) in [5.74, 6) is 0.254. The summed E-state index contributed by atoms with van der Waals surface area (Å²) >= 11 is 0. The van der Waals surface area contributed by atoms with Crippen molar-refractivity contribution in [1.29, 1.82) is 0 Å². The molecule has 1 aromatic rings. The number of carbonyl (C=O) groups excluding carboxylic acids is 1. The van der Waals surface area contributed by atoms with Gasteiger partial charge in [0.1, 0.15) is 13.1 Å². The van der Waals surface area contributed by atoms with Gasteiger partial charge >= 0.3 is 0 Å². The van der Waals surface area contributed by atoms with Crippen molar-refractivity contribution in [2.24, 2.45) is 0 Å². The molecule has 0 aliphatic carbocycles. The lowest BCUT2D eigenvalue weighted by Gasteiger charge is -2.31. The quantitative estimate of drug-likeness (QED) is 0.805. The van der Waals surface area contributed by atoms with Crippen molar-refractivity contribution < 1.29 is 14.4 Å². The fraction of sp³-hybridized carbons (Fsp3) is 0.533. The maximum absolute atomic E-state index is 12.5. The van der Waals surface area contributed by atoms with Crippen LogP contribution in [0.1, 0.15) is 12.0 Å². The maximum Gasteiger partial charge on any atom is 0.282 e. The van der Waals surface area contributed by atoms with E-state index in [1.807, 2.05) is 11.0 Å². The van der Waals surface area contributed by atoms with Crippen LogP contribution in [0.15, 0.2) is 24.3 Å². The summed E-state index contributed by atoms with van der Waals surface area (Å²) in [6, 6.07) is 8.28. The molecule has 0 unspecified atom stereocenters. The molecular weight excluding hydrogens is 240 g/mol. The van der Waals surface area contributed by atoms with Crippen LogP contribution < -0.4 is 9.80 Å². The summed E-state index contributed by atoms with van der Waals surface area (Å²) in [6.07, 6.45) is 2.16. The number of carbonyl (C=O) groups is 1.